The van der Waals surface area contributed by atoms with Crippen molar-refractivity contribution in [1.29, 1.82) is 0 Å². The third-order valence-corrected chi connectivity index (χ3v) is 5.39. The van der Waals surface area contributed by atoms with Crippen molar-refractivity contribution in [2.75, 3.05) is 27.2 Å². The zero-order valence-corrected chi connectivity index (χ0v) is 18.1. The molecule has 1 heterocycles. The molecule has 1 fully saturated rings. The molecule has 7 heteroatoms. The van der Waals surface area contributed by atoms with Crippen LogP contribution in [0.15, 0.2) is 17.1 Å². The molecule has 0 aromatic heterocycles. The fraction of sp³-hybridized carbons (Fsp3) is 0.636. The Labute approximate surface area is 173 Å². The van der Waals surface area contributed by atoms with Gasteiger partial charge >= 0.3 is 0 Å². The number of ether oxygens (including phenoxy) is 2. The maximum Gasteiger partial charge on any atom is 0.241 e. The molecular weight excluding hydrogens is 368 g/mol. The van der Waals surface area contributed by atoms with Crippen LogP contribution in [-0.4, -0.2) is 56.2 Å². The minimum atomic E-state index is 0.0147. The minimum Gasteiger partial charge on any atom is -0.494 e. The van der Waals surface area contributed by atoms with Crippen LogP contribution < -0.4 is 20.1 Å². The van der Waals surface area contributed by atoms with Crippen LogP contribution in [-0.2, 0) is 17.8 Å². The molecule has 1 amide bonds. The van der Waals surface area contributed by atoms with Gasteiger partial charge in [0.25, 0.3) is 0 Å². The molecule has 7 nitrogen and oxygen atoms in total. The van der Waals surface area contributed by atoms with Crippen molar-refractivity contribution in [3.8, 4) is 11.5 Å². The quantitative estimate of drug-likeness (QED) is 0.541. The van der Waals surface area contributed by atoms with E-state index in [0.717, 1.165) is 36.3 Å². The highest BCUT2D eigenvalue weighted by Crippen LogP contribution is 2.35. The zero-order chi connectivity index (χ0) is 20.8. The van der Waals surface area contributed by atoms with Gasteiger partial charge in [-0.15, -0.1) is 0 Å². The summed E-state index contributed by atoms with van der Waals surface area (Å²) in [4.78, 5) is 18.3. The summed E-state index contributed by atoms with van der Waals surface area (Å²) in [7, 11) is 3.51. The maximum absolute atomic E-state index is 12.0. The van der Waals surface area contributed by atoms with Crippen molar-refractivity contribution in [3.05, 3.63) is 23.3 Å². The Morgan fingerprint density at radius 3 is 2.76 bits per heavy atom. The summed E-state index contributed by atoms with van der Waals surface area (Å²) in [6, 6.07) is 4.54. The fourth-order valence-electron chi connectivity index (χ4n) is 3.79. The molecule has 0 radical (unpaired) electrons. The minimum absolute atomic E-state index is 0.0147. The van der Waals surface area contributed by atoms with Crippen molar-refractivity contribution >= 4 is 11.9 Å². The van der Waals surface area contributed by atoms with Crippen molar-refractivity contribution in [2.24, 2.45) is 4.99 Å². The molecule has 1 aromatic rings. The average molecular weight is 403 g/mol. The number of hydrogen-bond acceptors (Lipinski definition) is 4. The number of likely N-dealkylation sites (N-methyl/N-ethyl adjacent to an activating group) is 1. The number of aliphatic imine (C=N–C) groups is 1. The van der Waals surface area contributed by atoms with E-state index in [-0.39, 0.29) is 18.6 Å². The van der Waals surface area contributed by atoms with Gasteiger partial charge in [-0.1, -0.05) is 12.8 Å². The molecule has 0 spiro atoms. The van der Waals surface area contributed by atoms with Crippen LogP contribution in [0.4, 0.5) is 0 Å². The molecule has 2 aliphatic rings. The maximum atomic E-state index is 12.0. The number of benzene rings is 1. The van der Waals surface area contributed by atoms with E-state index in [1.165, 1.54) is 18.4 Å². The van der Waals surface area contributed by atoms with Gasteiger partial charge in [-0.05, 0) is 38.8 Å². The van der Waals surface area contributed by atoms with Crippen LogP contribution in [0, 0.1) is 0 Å². The zero-order valence-electron chi connectivity index (χ0n) is 18.1. The Morgan fingerprint density at radius 1 is 1.31 bits per heavy atom. The SMILES string of the molecule is CCOc1cc2c(cc1CN=C(NCC(=O)N(C)C)NC1CCCC1)OC(C)C2. The first-order valence-corrected chi connectivity index (χ1v) is 10.7. The molecule has 2 N–H and O–H groups in total. The lowest BCUT2D eigenvalue weighted by Gasteiger charge is -2.19. The van der Waals surface area contributed by atoms with Gasteiger partial charge in [0, 0.05) is 37.7 Å². The van der Waals surface area contributed by atoms with Crippen LogP contribution in [0.1, 0.15) is 50.7 Å². The highest BCUT2D eigenvalue weighted by Gasteiger charge is 2.22. The predicted molar refractivity (Wildman–Crippen MR) is 115 cm³/mol. The molecule has 1 unspecified atom stereocenters. The summed E-state index contributed by atoms with van der Waals surface area (Å²) in [5.74, 6) is 2.47. The van der Waals surface area contributed by atoms with Crippen molar-refractivity contribution in [1.82, 2.24) is 15.5 Å². The lowest BCUT2D eigenvalue weighted by molar-refractivity contribution is -0.127. The molecule has 160 valence electrons. The predicted octanol–water partition coefficient (Wildman–Crippen LogP) is 2.47. The Kier molecular flexibility index (Phi) is 7.23. The first-order valence-electron chi connectivity index (χ1n) is 10.7. The molecule has 0 saturated heterocycles. The Balaban J connectivity index is 1.76. The summed E-state index contributed by atoms with van der Waals surface area (Å²) in [6.45, 7) is 5.34. The van der Waals surface area contributed by atoms with Crippen LogP contribution in [0.3, 0.4) is 0 Å². The summed E-state index contributed by atoms with van der Waals surface area (Å²) >= 11 is 0. The van der Waals surface area contributed by atoms with Gasteiger partial charge in [0.1, 0.15) is 17.6 Å². The number of nitrogens with zero attached hydrogens (tertiary/aromatic N) is 2. The summed E-state index contributed by atoms with van der Waals surface area (Å²) < 4.78 is 11.8. The lowest BCUT2D eigenvalue weighted by Crippen LogP contribution is -2.46. The van der Waals surface area contributed by atoms with Crippen molar-refractivity contribution in [2.45, 2.75) is 64.6 Å². The van der Waals surface area contributed by atoms with Gasteiger partial charge in [-0.3, -0.25) is 4.79 Å². The lowest BCUT2D eigenvalue weighted by atomic mass is 10.1. The molecule has 1 saturated carbocycles. The van der Waals surface area contributed by atoms with E-state index in [0.29, 0.717) is 25.2 Å². The first-order chi connectivity index (χ1) is 14.0. The van der Waals surface area contributed by atoms with Gasteiger partial charge in [0.2, 0.25) is 5.91 Å². The summed E-state index contributed by atoms with van der Waals surface area (Å²) in [6.07, 6.45) is 5.83. The van der Waals surface area contributed by atoms with E-state index in [9.17, 15) is 4.79 Å². The molecule has 1 aliphatic heterocycles. The largest absolute Gasteiger partial charge is 0.494 e. The van der Waals surface area contributed by atoms with E-state index in [1.54, 1.807) is 19.0 Å². The highest BCUT2D eigenvalue weighted by atomic mass is 16.5. The van der Waals surface area contributed by atoms with Crippen LogP contribution in [0.2, 0.25) is 0 Å². The third-order valence-electron chi connectivity index (χ3n) is 5.39. The molecule has 0 bridgehead atoms. The summed E-state index contributed by atoms with van der Waals surface area (Å²) in [5.41, 5.74) is 2.18. The normalized spacial score (nSPS) is 18.9. The van der Waals surface area contributed by atoms with Crippen molar-refractivity contribution < 1.29 is 14.3 Å². The van der Waals surface area contributed by atoms with Gasteiger partial charge in [0.05, 0.1) is 19.7 Å². The average Bonchev–Trinajstić information content (AvgIpc) is 3.31. The summed E-state index contributed by atoms with van der Waals surface area (Å²) in [5, 5.41) is 6.67. The molecule has 1 atom stereocenters. The number of fused-ring (bicyclic) bond motifs is 1. The smallest absolute Gasteiger partial charge is 0.241 e. The van der Waals surface area contributed by atoms with E-state index in [2.05, 4.69) is 23.6 Å². The van der Waals surface area contributed by atoms with E-state index in [1.807, 2.05) is 13.0 Å². The number of amides is 1. The number of nitrogens with one attached hydrogen (secondary N) is 2. The highest BCUT2D eigenvalue weighted by molar-refractivity contribution is 5.86. The van der Waals surface area contributed by atoms with E-state index >= 15 is 0 Å². The van der Waals surface area contributed by atoms with E-state index < -0.39 is 0 Å². The molecule has 1 aliphatic carbocycles. The Bertz CT molecular complexity index is 742. The topological polar surface area (TPSA) is 75.2 Å². The van der Waals surface area contributed by atoms with Crippen LogP contribution in [0.25, 0.3) is 0 Å². The van der Waals surface area contributed by atoms with Crippen LogP contribution >= 0.6 is 0 Å². The standard InChI is InChI=1S/C22H34N4O3/c1-5-28-19-11-16-10-15(2)29-20(16)12-17(19)13-23-22(24-14-21(27)26(3)4)25-18-8-6-7-9-18/h11-12,15,18H,5-10,13-14H2,1-4H3,(H2,23,24,25). The Morgan fingerprint density at radius 2 is 2.07 bits per heavy atom. The number of rotatable bonds is 7. The number of guanidine groups is 1. The van der Waals surface area contributed by atoms with Gasteiger partial charge in [-0.2, -0.15) is 0 Å². The third kappa shape index (κ3) is 5.78. The Hall–Kier alpha value is -2.44. The second-order valence-electron chi connectivity index (χ2n) is 8.07. The number of hydrogen-bond donors (Lipinski definition) is 2. The van der Waals surface area contributed by atoms with Crippen LogP contribution in [0.5, 0.6) is 11.5 Å². The fourth-order valence-corrected chi connectivity index (χ4v) is 3.79. The first kappa shape index (κ1) is 21.3. The van der Waals surface area contributed by atoms with Crippen molar-refractivity contribution in [3.63, 3.8) is 0 Å². The van der Waals surface area contributed by atoms with E-state index in [4.69, 9.17) is 14.5 Å². The number of carbonyl (C=O) groups excluding carboxylic acids is 1. The second-order valence-corrected chi connectivity index (χ2v) is 8.07. The molecule has 29 heavy (non-hydrogen) atoms. The monoisotopic (exact) mass is 402 g/mol. The number of carbonyl (C=O) groups is 1. The molecule has 3 rings (SSSR count). The van der Waals surface area contributed by atoms with Gasteiger partial charge in [0.15, 0.2) is 5.96 Å². The molecular formula is C22H34N4O3. The second kappa shape index (κ2) is 9.85. The molecule has 1 aromatic carbocycles. The van der Waals surface area contributed by atoms with Gasteiger partial charge < -0.3 is 25.0 Å². The van der Waals surface area contributed by atoms with Gasteiger partial charge in [-0.25, -0.2) is 4.99 Å².